The second kappa shape index (κ2) is 10.3. The third kappa shape index (κ3) is 5.54. The van der Waals surface area contributed by atoms with Crippen LogP contribution in [-0.2, 0) is 19.5 Å². The van der Waals surface area contributed by atoms with Crippen molar-refractivity contribution in [3.05, 3.63) is 106 Å². The van der Waals surface area contributed by atoms with Crippen molar-refractivity contribution in [1.82, 2.24) is 20.0 Å². The number of hydrogen-bond acceptors (Lipinski definition) is 5. The van der Waals surface area contributed by atoms with Crippen LogP contribution in [0.3, 0.4) is 0 Å². The smallest absolute Gasteiger partial charge is 0.255 e. The number of nitrogens with two attached hydrogens (primary N) is 1. The van der Waals surface area contributed by atoms with Crippen LogP contribution in [0.1, 0.15) is 43.1 Å². The number of amides is 2. The quantitative estimate of drug-likeness (QED) is 0.377. The molecule has 8 nitrogen and oxygen atoms in total. The van der Waals surface area contributed by atoms with E-state index in [2.05, 4.69) is 39.8 Å². The molecule has 1 aliphatic rings. The number of carbonyl (C=O) groups excluding carboxylic acids is 2. The summed E-state index contributed by atoms with van der Waals surface area (Å²) in [5, 5.41) is 10.3. The molecule has 0 saturated carbocycles. The monoisotopic (exact) mass is 494 g/mol. The van der Waals surface area contributed by atoms with Crippen LogP contribution in [0.2, 0.25) is 0 Å². The number of carbonyl (C=O) groups is 2. The molecule has 0 radical (unpaired) electrons. The summed E-state index contributed by atoms with van der Waals surface area (Å²) in [7, 11) is 2.10. The highest BCUT2D eigenvalue weighted by molar-refractivity contribution is 6.04. The molecule has 4 aromatic rings. The molecule has 2 heterocycles. The van der Waals surface area contributed by atoms with Crippen LogP contribution in [0.5, 0.6) is 0 Å². The van der Waals surface area contributed by atoms with Crippen LogP contribution in [0.15, 0.2) is 72.8 Å². The zero-order chi connectivity index (χ0) is 25.9. The van der Waals surface area contributed by atoms with E-state index in [0.717, 1.165) is 42.1 Å². The first-order chi connectivity index (χ1) is 17.9. The Morgan fingerprint density at radius 3 is 2.51 bits per heavy atom. The highest BCUT2D eigenvalue weighted by atomic mass is 16.2. The third-order valence-corrected chi connectivity index (χ3v) is 6.54. The summed E-state index contributed by atoms with van der Waals surface area (Å²) in [5.74, 6) is 0.156. The van der Waals surface area contributed by atoms with E-state index in [1.807, 2.05) is 25.1 Å². The molecule has 8 heteroatoms. The maximum Gasteiger partial charge on any atom is 0.255 e. The first-order valence-corrected chi connectivity index (χ1v) is 12.3. The van der Waals surface area contributed by atoms with Gasteiger partial charge in [-0.2, -0.15) is 5.10 Å². The summed E-state index contributed by atoms with van der Waals surface area (Å²) in [6.07, 6.45) is 1.02. The largest absolute Gasteiger partial charge is 0.384 e. The van der Waals surface area contributed by atoms with Crippen LogP contribution in [0.25, 0.3) is 5.69 Å². The van der Waals surface area contributed by atoms with E-state index in [1.165, 1.54) is 11.1 Å². The van der Waals surface area contributed by atoms with Gasteiger partial charge in [0.25, 0.3) is 11.8 Å². The Bertz CT molecular complexity index is 1460. The van der Waals surface area contributed by atoms with Crippen LogP contribution >= 0.6 is 0 Å². The minimum absolute atomic E-state index is 0.180. The minimum atomic E-state index is -0.204. The second-order valence-electron chi connectivity index (χ2n) is 9.48. The average Bonchev–Trinajstić information content (AvgIpc) is 3.24. The predicted molar refractivity (Wildman–Crippen MR) is 145 cm³/mol. The van der Waals surface area contributed by atoms with Crippen molar-refractivity contribution in [2.24, 2.45) is 0 Å². The molecule has 4 N–H and O–H groups in total. The summed E-state index contributed by atoms with van der Waals surface area (Å²) < 4.78 is 1.64. The molecule has 0 spiro atoms. The molecule has 1 aromatic heterocycles. The number of fused-ring (bicyclic) bond motifs is 1. The van der Waals surface area contributed by atoms with Gasteiger partial charge in [-0.15, -0.1) is 0 Å². The minimum Gasteiger partial charge on any atom is -0.384 e. The van der Waals surface area contributed by atoms with Gasteiger partial charge in [-0.3, -0.25) is 9.59 Å². The normalized spacial score (nSPS) is 13.1. The summed E-state index contributed by atoms with van der Waals surface area (Å²) in [6.45, 7) is 4.11. The van der Waals surface area contributed by atoms with Crippen molar-refractivity contribution in [3.63, 3.8) is 0 Å². The zero-order valence-electron chi connectivity index (χ0n) is 21.0. The molecule has 0 saturated heterocycles. The molecule has 5 rings (SSSR count). The van der Waals surface area contributed by atoms with E-state index in [9.17, 15) is 9.59 Å². The highest BCUT2D eigenvalue weighted by Crippen LogP contribution is 2.22. The van der Waals surface area contributed by atoms with Gasteiger partial charge in [0.05, 0.1) is 11.4 Å². The van der Waals surface area contributed by atoms with Crippen molar-refractivity contribution in [2.45, 2.75) is 26.4 Å². The highest BCUT2D eigenvalue weighted by Gasteiger charge is 2.15. The Balaban J connectivity index is 1.20. The van der Waals surface area contributed by atoms with Gasteiger partial charge in [0.15, 0.2) is 0 Å². The second-order valence-corrected chi connectivity index (χ2v) is 9.48. The van der Waals surface area contributed by atoms with Gasteiger partial charge in [-0.25, -0.2) is 4.68 Å². The predicted octanol–water partition coefficient (Wildman–Crippen LogP) is 3.93. The molecule has 0 unspecified atom stereocenters. The lowest BCUT2D eigenvalue weighted by molar-refractivity contribution is 0.0950. The molecular formula is C29H30N6O2. The van der Waals surface area contributed by atoms with E-state index in [4.69, 9.17) is 5.73 Å². The van der Waals surface area contributed by atoms with Gasteiger partial charge in [-0.05, 0) is 85.6 Å². The Morgan fingerprint density at radius 1 is 0.946 bits per heavy atom. The first kappa shape index (κ1) is 24.3. The summed E-state index contributed by atoms with van der Waals surface area (Å²) in [6, 6.07) is 22.3. The van der Waals surface area contributed by atoms with E-state index < -0.39 is 0 Å². The zero-order valence-corrected chi connectivity index (χ0v) is 21.0. The van der Waals surface area contributed by atoms with Crippen LogP contribution in [0, 0.1) is 6.92 Å². The number of aryl methyl sites for hydroxylation is 1. The van der Waals surface area contributed by atoms with Crippen molar-refractivity contribution < 1.29 is 9.59 Å². The molecule has 2 amide bonds. The van der Waals surface area contributed by atoms with Gasteiger partial charge in [0, 0.05) is 42.5 Å². The molecule has 0 atom stereocenters. The fraction of sp³-hybridized carbons (Fsp3) is 0.207. The van der Waals surface area contributed by atoms with Gasteiger partial charge < -0.3 is 21.3 Å². The lowest BCUT2D eigenvalue weighted by atomic mass is 9.99. The standard InChI is InChI=1S/C29H30N6O2/c1-19-14-27(30)35(33-19)26-10-7-22(8-11-26)28(36)31-17-20-4-3-5-23(15-20)29(37)32-25-9-6-21-12-13-34(2)18-24(21)16-25/h3-11,14-16H,12-13,17-18,30H2,1-2H3,(H,31,36)(H,32,37). The number of nitrogen functional groups attached to an aromatic ring is 1. The number of aromatic nitrogens is 2. The van der Waals surface area contributed by atoms with Crippen molar-refractivity contribution >= 4 is 23.3 Å². The molecular weight excluding hydrogens is 464 g/mol. The molecule has 0 aliphatic carbocycles. The van der Waals surface area contributed by atoms with E-state index >= 15 is 0 Å². The Hall–Kier alpha value is -4.43. The van der Waals surface area contributed by atoms with Gasteiger partial charge in [0.1, 0.15) is 5.82 Å². The molecule has 0 fully saturated rings. The van der Waals surface area contributed by atoms with Gasteiger partial charge >= 0.3 is 0 Å². The average molecular weight is 495 g/mol. The molecule has 0 bridgehead atoms. The molecule has 188 valence electrons. The van der Waals surface area contributed by atoms with Crippen LogP contribution < -0.4 is 16.4 Å². The van der Waals surface area contributed by atoms with Crippen LogP contribution in [-0.4, -0.2) is 40.1 Å². The summed E-state index contributed by atoms with van der Waals surface area (Å²) in [4.78, 5) is 27.9. The number of nitrogens with one attached hydrogen (secondary N) is 2. The maximum atomic E-state index is 12.9. The molecule has 37 heavy (non-hydrogen) atoms. The van der Waals surface area contributed by atoms with E-state index in [0.29, 0.717) is 23.5 Å². The number of rotatable bonds is 6. The Kier molecular flexibility index (Phi) is 6.74. The topological polar surface area (TPSA) is 105 Å². The fourth-order valence-electron chi connectivity index (χ4n) is 4.57. The summed E-state index contributed by atoms with van der Waals surface area (Å²) in [5.41, 5.74) is 12.9. The SMILES string of the molecule is Cc1cc(N)n(-c2ccc(C(=O)NCc3cccc(C(=O)Nc4ccc5c(c4)CN(C)CC5)c3)cc2)n1. The number of nitrogens with zero attached hydrogens (tertiary/aromatic N) is 3. The lowest BCUT2D eigenvalue weighted by Gasteiger charge is -2.25. The lowest BCUT2D eigenvalue weighted by Crippen LogP contribution is -2.26. The number of anilines is 2. The van der Waals surface area contributed by atoms with Crippen molar-refractivity contribution in [2.75, 3.05) is 24.6 Å². The van der Waals surface area contributed by atoms with Crippen LogP contribution in [0.4, 0.5) is 11.5 Å². The third-order valence-electron chi connectivity index (χ3n) is 6.54. The molecule has 3 aromatic carbocycles. The fourth-order valence-corrected chi connectivity index (χ4v) is 4.57. The number of likely N-dealkylation sites (N-methyl/N-ethyl adjacent to an activating group) is 1. The van der Waals surface area contributed by atoms with Crippen molar-refractivity contribution in [3.8, 4) is 5.69 Å². The first-order valence-electron chi connectivity index (χ1n) is 12.3. The Morgan fingerprint density at radius 2 is 1.76 bits per heavy atom. The van der Waals surface area contributed by atoms with Gasteiger partial charge in [0.2, 0.25) is 0 Å². The number of hydrogen-bond donors (Lipinski definition) is 3. The van der Waals surface area contributed by atoms with Gasteiger partial charge in [-0.1, -0.05) is 18.2 Å². The van der Waals surface area contributed by atoms with E-state index in [-0.39, 0.29) is 11.8 Å². The number of benzene rings is 3. The van der Waals surface area contributed by atoms with Crippen molar-refractivity contribution in [1.29, 1.82) is 0 Å². The molecule has 1 aliphatic heterocycles. The Labute approximate surface area is 216 Å². The summed E-state index contributed by atoms with van der Waals surface area (Å²) >= 11 is 0. The van der Waals surface area contributed by atoms with E-state index in [1.54, 1.807) is 47.1 Å². The maximum absolute atomic E-state index is 12.9.